The largest absolute Gasteiger partial charge is 0.484 e. The van der Waals surface area contributed by atoms with Gasteiger partial charge in [0.05, 0.1) is 151 Å². The summed E-state index contributed by atoms with van der Waals surface area (Å²) in [5.74, 6) is -3.05. The van der Waals surface area contributed by atoms with Crippen LogP contribution in [0.1, 0.15) is 196 Å². The molecule has 0 bridgehead atoms. The average molecular weight is 2080 g/mol. The van der Waals surface area contributed by atoms with Crippen molar-refractivity contribution >= 4 is 141 Å². The van der Waals surface area contributed by atoms with E-state index in [1.807, 2.05) is 142 Å². The summed E-state index contributed by atoms with van der Waals surface area (Å²) < 4.78 is 67.2. The molecule has 15 aromatic rings. The molecule has 0 aliphatic carbocycles. The first-order valence-corrected chi connectivity index (χ1v) is 51.3. The number of pyridine rings is 3. The lowest BCUT2D eigenvalue weighted by atomic mass is 9.94. The van der Waals surface area contributed by atoms with Gasteiger partial charge in [-0.25, -0.2) is 57.5 Å². The molecular weight excluding hydrogens is 1960 g/mol. The number of ether oxygens (including phenoxy) is 1. The number of rotatable bonds is 15. The maximum Gasteiger partial charge on any atom is 0.326 e. The van der Waals surface area contributed by atoms with E-state index in [-0.39, 0.29) is 173 Å². The zero-order valence-corrected chi connectivity index (χ0v) is 89.2. The number of carbonyl (C=O) groups excluding carboxylic acids is 3. The highest BCUT2D eigenvalue weighted by Gasteiger charge is 2.48. The predicted octanol–water partition coefficient (Wildman–Crippen LogP) is 18.1. The minimum absolute atomic E-state index is 0.00643. The van der Waals surface area contributed by atoms with Crippen LogP contribution in [0.25, 0.3) is 116 Å². The molecule has 21 rings (SSSR count). The summed E-state index contributed by atoms with van der Waals surface area (Å²) in [5.41, 5.74) is 12.8. The van der Waals surface area contributed by atoms with Crippen molar-refractivity contribution in [3.63, 3.8) is 0 Å². The lowest BCUT2D eigenvalue weighted by Crippen LogP contribution is -2.62. The van der Waals surface area contributed by atoms with E-state index in [2.05, 4.69) is 79.7 Å². The Morgan fingerprint density at radius 2 is 0.745 bits per heavy atom. The predicted molar refractivity (Wildman–Crippen MR) is 582 cm³/mol. The number of hydrogen-bond acceptors (Lipinski definition) is 20. The molecular formula is C111H118Cl3F3N22O10. The van der Waals surface area contributed by atoms with Gasteiger partial charge in [0.1, 0.15) is 42.9 Å². The molecule has 4 N–H and O–H groups in total. The lowest BCUT2D eigenvalue weighted by Gasteiger charge is -2.49. The van der Waals surface area contributed by atoms with E-state index < -0.39 is 23.0 Å². The first kappa shape index (κ1) is 103. The monoisotopic (exact) mass is 2080 g/mol. The molecule has 32 nitrogen and oxygen atoms in total. The number of imidazole rings is 3. The van der Waals surface area contributed by atoms with Crippen LogP contribution in [0, 0.1) is 38.2 Å². The molecule has 774 valence electrons. The van der Waals surface area contributed by atoms with E-state index in [1.165, 1.54) is 72.2 Å². The Kier molecular flexibility index (Phi) is 26.8. The number of aromatic amines is 3. The summed E-state index contributed by atoms with van der Waals surface area (Å²) in [6.07, 6.45) is 8.78. The highest BCUT2D eigenvalue weighted by molar-refractivity contribution is 6.40. The highest BCUT2D eigenvalue weighted by atomic mass is 35.5. The minimum Gasteiger partial charge on any atom is -0.484 e. The molecule has 6 aromatic carbocycles. The first-order valence-electron chi connectivity index (χ1n) is 50.2. The van der Waals surface area contributed by atoms with E-state index in [9.17, 15) is 28.8 Å². The Bertz CT molecular complexity index is 8270. The highest BCUT2D eigenvalue weighted by Crippen LogP contribution is 2.54. The van der Waals surface area contributed by atoms with Gasteiger partial charge < -0.3 is 54.4 Å². The molecule has 15 heterocycles. The molecule has 9 aromatic heterocycles. The normalized spacial score (nSPS) is 17.4. The topological polar surface area (TPSA) is 349 Å². The number of nitrogens with zero attached hydrogens (tertiary/aromatic N) is 18. The van der Waals surface area contributed by atoms with Gasteiger partial charge in [0, 0.05) is 147 Å². The maximum atomic E-state index is 18.0. The lowest BCUT2D eigenvalue weighted by molar-refractivity contribution is -0.129. The molecule has 149 heavy (non-hydrogen) atoms. The first-order chi connectivity index (χ1) is 70.8. The van der Waals surface area contributed by atoms with Crippen LogP contribution < -0.4 is 58.5 Å². The second-order valence-corrected chi connectivity index (χ2v) is 42.9. The second kappa shape index (κ2) is 38.8. The molecule has 0 saturated carbocycles. The number of amides is 3. The van der Waals surface area contributed by atoms with Crippen LogP contribution in [0.15, 0.2) is 140 Å². The third-order valence-corrected chi connectivity index (χ3v) is 31.3. The van der Waals surface area contributed by atoms with Gasteiger partial charge in [-0.3, -0.25) is 56.2 Å². The molecule has 0 radical (unpaired) electrons. The zero-order valence-electron chi connectivity index (χ0n) is 87.0. The van der Waals surface area contributed by atoms with E-state index in [4.69, 9.17) is 39.5 Å². The van der Waals surface area contributed by atoms with Gasteiger partial charge in [-0.15, -0.1) is 0 Å². The second-order valence-electron chi connectivity index (χ2n) is 41.8. The summed E-state index contributed by atoms with van der Waals surface area (Å²) >= 11 is 22.1. The number of hydrogen-bond donors (Lipinski definition) is 4. The number of H-pyrrole nitrogens is 3. The van der Waals surface area contributed by atoms with E-state index in [0.29, 0.717) is 220 Å². The summed E-state index contributed by atoms with van der Waals surface area (Å²) in [6.45, 7) is 49.1. The number of halogens is 6. The number of aryl methyl sites for hydroxylation is 6. The molecule has 3 fully saturated rings. The molecule has 6 unspecified atom stereocenters. The number of aromatic nitrogens is 15. The molecule has 3 amide bonds. The van der Waals surface area contributed by atoms with Crippen molar-refractivity contribution in [1.82, 2.24) is 87.0 Å². The molecule has 6 aliphatic rings. The van der Waals surface area contributed by atoms with Gasteiger partial charge in [0.15, 0.2) is 5.82 Å². The zero-order chi connectivity index (χ0) is 107. The average Bonchev–Trinajstić information content (AvgIpc) is 1.50. The van der Waals surface area contributed by atoms with Gasteiger partial charge in [-0.1, -0.05) is 156 Å². The Morgan fingerprint density at radius 3 is 1.13 bits per heavy atom. The van der Waals surface area contributed by atoms with Crippen molar-refractivity contribution in [3.05, 3.63) is 263 Å². The summed E-state index contributed by atoms with van der Waals surface area (Å²) in [7, 11) is 4.87. The standard InChI is InChI=1S/C37H40ClFN8O3.C37H39ClFN7O4.C37H39ClFN7O3/c1-9-25(48)45-15-21-13-40-31-33(46(21)14-20(45)7)22-12-23(39)27(26-19(6)10-11-24-34(26)44(8)37(50)43-24)28(38)32(22)47(36(31)49)35-29(17(2)3)41-16-42-30(35)18(4)5;1-9-25(47)44-14-21-15-50-35-32(45(21)13-20(44)7)22-12-23(39)27(26-19(6)10-11-24-33(26)43(8)37(49)42-24)28(38)31(22)46(36(35)48)34-29(17(2)3)40-16-41-30(34)18(4)5;1-9-26(47)44-15-21-12-23-32(45(21)14-20(44)7)22-13-24(38)28(27-19(6)10-11-25-34(27)43(8)37(49)42-25)29(39)33(22)46(36(23)48)35-30(17(2)3)40-16-41-31(35)18(4)5/h9-12,16-18,20-21,40H,1,13-15H2,2-8H3,(H,43,50);9-12,16-18,20-21H,1,13-15H2,2-8H3,(H,42,49);9-11,13,16-18,20-21H,1,12,14-15H2,2-8H3,(H,42,49). The number of piperazine rings is 3. The van der Waals surface area contributed by atoms with Crippen molar-refractivity contribution in [2.75, 3.05) is 72.4 Å². The van der Waals surface area contributed by atoms with Crippen molar-refractivity contribution in [3.8, 4) is 56.2 Å². The van der Waals surface area contributed by atoms with Gasteiger partial charge in [-0.2, -0.15) is 0 Å². The molecule has 38 heteroatoms. The van der Waals surface area contributed by atoms with Crippen LogP contribution >= 0.6 is 34.8 Å². The fourth-order valence-corrected chi connectivity index (χ4v) is 24.2. The SMILES string of the molecule is C=CC(=O)N1CC2CNc3c(c4cc(F)c(-c5c(C)ccc6[nH]c(=O)n(C)c56)c(Cl)c4n(-c4c(C(C)C)ncnc4C(C)C)c3=O)N2CC1C.C=CC(=O)N1CC2COc3c(c4cc(F)c(-c5c(C)ccc6[nH]c(=O)n(C)c56)c(Cl)c4n(-c4c(C(C)C)ncnc4C(C)C)c3=O)N2CC1C.C=CC(=O)N1CC2Cc3c(c4cc(Cl)c(-c5c(C)ccc6[nH]c(=O)n(C)c56)c(F)c4n(-c4c(C(C)C)ncnc4C(C)C)c3=O)N2CC1C. The van der Waals surface area contributed by atoms with Gasteiger partial charge in [0.2, 0.25) is 23.5 Å². The summed E-state index contributed by atoms with van der Waals surface area (Å²) in [4.78, 5) is 170. The van der Waals surface area contributed by atoms with Crippen LogP contribution in [0.2, 0.25) is 15.1 Å². The van der Waals surface area contributed by atoms with Crippen LogP contribution in [0.5, 0.6) is 5.75 Å². The summed E-state index contributed by atoms with van der Waals surface area (Å²) in [5, 5.41) is 4.81. The minimum atomic E-state index is -0.683. The van der Waals surface area contributed by atoms with Crippen LogP contribution in [0.3, 0.4) is 0 Å². The van der Waals surface area contributed by atoms with E-state index >= 15 is 27.6 Å². The third kappa shape index (κ3) is 16.4. The summed E-state index contributed by atoms with van der Waals surface area (Å²) in [6, 6.07) is 14.0. The Balaban J connectivity index is 0.000000140. The van der Waals surface area contributed by atoms with Crippen LogP contribution in [-0.2, 0) is 41.9 Å². The Labute approximate surface area is 870 Å². The van der Waals surface area contributed by atoms with Gasteiger partial charge in [-0.05, 0) is 148 Å². The van der Waals surface area contributed by atoms with Gasteiger partial charge in [0.25, 0.3) is 16.7 Å². The van der Waals surface area contributed by atoms with Crippen molar-refractivity contribution in [1.29, 1.82) is 0 Å². The van der Waals surface area contributed by atoms with E-state index in [0.717, 1.165) is 0 Å². The molecule has 6 aliphatic heterocycles. The van der Waals surface area contributed by atoms with Gasteiger partial charge >= 0.3 is 17.1 Å². The number of benzene rings is 6. The fraction of sp³-hybridized carbons (Fsp3) is 0.378. The molecule has 0 spiro atoms. The molecule has 6 atom stereocenters. The maximum absolute atomic E-state index is 18.0. The number of fused-ring (bicyclic) bond motifs is 18. The van der Waals surface area contributed by atoms with Crippen molar-refractivity contribution in [2.24, 2.45) is 21.1 Å². The smallest absolute Gasteiger partial charge is 0.326 e. The fourth-order valence-electron chi connectivity index (χ4n) is 23.2. The van der Waals surface area contributed by atoms with Crippen LogP contribution in [-0.4, -0.2) is 193 Å². The number of carbonyl (C=O) groups is 3. The van der Waals surface area contributed by atoms with E-state index in [1.54, 1.807) is 70.7 Å². The molecule has 3 saturated heterocycles. The quantitative estimate of drug-likeness (QED) is 0.0693. The third-order valence-electron chi connectivity index (χ3n) is 30.3. The Hall–Kier alpha value is -14.7. The van der Waals surface area contributed by atoms with Crippen LogP contribution in [0.4, 0.5) is 35.9 Å². The van der Waals surface area contributed by atoms with Crippen molar-refractivity contribution in [2.45, 2.75) is 203 Å². The number of anilines is 4. The number of nitrogens with one attached hydrogen (secondary N) is 4. The Morgan fingerprint density at radius 1 is 0.409 bits per heavy atom. The van der Waals surface area contributed by atoms with Crippen molar-refractivity contribution < 1.29 is 32.3 Å².